The number of amides is 1. The maximum absolute atomic E-state index is 13.5. The Hall–Kier alpha value is -2.44. The van der Waals surface area contributed by atoms with Crippen molar-refractivity contribution in [2.45, 2.75) is 0 Å². The highest BCUT2D eigenvalue weighted by atomic mass is 19.1. The van der Waals surface area contributed by atoms with Crippen LogP contribution in [0.3, 0.4) is 0 Å². The number of halogens is 2. The van der Waals surface area contributed by atoms with E-state index in [4.69, 9.17) is 5.73 Å². The van der Waals surface area contributed by atoms with Gasteiger partial charge in [0.15, 0.2) is 5.82 Å². The molecule has 2 rings (SSSR count). The average Bonchev–Trinajstić information content (AvgIpc) is 2.69. The summed E-state index contributed by atoms with van der Waals surface area (Å²) in [5.74, 6) is -2.31. The van der Waals surface area contributed by atoms with Crippen LogP contribution in [0, 0.1) is 11.6 Å². The first-order valence-corrected chi connectivity index (χ1v) is 5.01. The third-order valence-corrected chi connectivity index (χ3v) is 2.37. The number of carbonyl (C=O) groups excluding carboxylic acids is 1. The van der Waals surface area contributed by atoms with Crippen molar-refractivity contribution in [3.8, 4) is 0 Å². The van der Waals surface area contributed by atoms with Gasteiger partial charge in [0.05, 0.1) is 18.2 Å². The van der Waals surface area contributed by atoms with Crippen LogP contribution in [-0.4, -0.2) is 15.5 Å². The smallest absolute Gasteiger partial charge is 0.274 e. The Morgan fingerprint density at radius 1 is 1.44 bits per heavy atom. The molecule has 1 aromatic heterocycles. The number of anilines is 2. The molecule has 18 heavy (non-hydrogen) atoms. The lowest BCUT2D eigenvalue weighted by molar-refractivity contribution is 0.101. The average molecular weight is 252 g/mol. The zero-order valence-corrected chi connectivity index (χ0v) is 9.45. The van der Waals surface area contributed by atoms with Gasteiger partial charge in [0, 0.05) is 13.1 Å². The van der Waals surface area contributed by atoms with E-state index in [0.717, 1.165) is 6.07 Å². The number of imidazole rings is 1. The zero-order valence-electron chi connectivity index (χ0n) is 9.45. The highest BCUT2D eigenvalue weighted by Gasteiger charge is 2.15. The SMILES string of the molecule is Cn1cncc1C(=O)Nc1c(N)cc(F)cc1F. The van der Waals surface area contributed by atoms with Crippen LogP contribution in [0.15, 0.2) is 24.7 Å². The largest absolute Gasteiger partial charge is 0.397 e. The van der Waals surface area contributed by atoms with Crippen molar-refractivity contribution in [1.82, 2.24) is 9.55 Å². The van der Waals surface area contributed by atoms with Crippen molar-refractivity contribution in [3.63, 3.8) is 0 Å². The minimum absolute atomic E-state index is 0.178. The van der Waals surface area contributed by atoms with Crippen molar-refractivity contribution in [1.29, 1.82) is 0 Å². The number of benzene rings is 1. The molecule has 0 aliphatic carbocycles. The Balaban J connectivity index is 2.31. The fourth-order valence-electron chi connectivity index (χ4n) is 1.48. The molecule has 0 aliphatic rings. The van der Waals surface area contributed by atoms with Crippen LogP contribution < -0.4 is 11.1 Å². The third kappa shape index (κ3) is 2.15. The molecule has 0 spiro atoms. The minimum atomic E-state index is -0.928. The van der Waals surface area contributed by atoms with Crippen molar-refractivity contribution in [3.05, 3.63) is 42.0 Å². The molecule has 1 amide bonds. The number of nitrogens with zero attached hydrogens (tertiary/aromatic N) is 2. The van der Waals surface area contributed by atoms with Gasteiger partial charge in [-0.25, -0.2) is 13.8 Å². The fourth-order valence-corrected chi connectivity index (χ4v) is 1.48. The molecule has 5 nitrogen and oxygen atoms in total. The molecule has 7 heteroatoms. The number of nitrogens with two attached hydrogens (primary N) is 1. The molecule has 0 bridgehead atoms. The van der Waals surface area contributed by atoms with Crippen LogP contribution in [0.25, 0.3) is 0 Å². The summed E-state index contributed by atoms with van der Waals surface area (Å²) in [6, 6.07) is 1.58. The van der Waals surface area contributed by atoms with Gasteiger partial charge in [-0.05, 0) is 6.07 Å². The predicted molar refractivity (Wildman–Crippen MR) is 61.9 cm³/mol. The van der Waals surface area contributed by atoms with Crippen LogP contribution in [-0.2, 0) is 7.05 Å². The second kappa shape index (κ2) is 4.44. The van der Waals surface area contributed by atoms with E-state index in [1.54, 1.807) is 7.05 Å². The van der Waals surface area contributed by atoms with Gasteiger partial charge in [-0.3, -0.25) is 4.79 Å². The topological polar surface area (TPSA) is 72.9 Å². The first kappa shape index (κ1) is 12.0. The number of rotatable bonds is 2. The van der Waals surface area contributed by atoms with E-state index in [2.05, 4.69) is 10.3 Å². The summed E-state index contributed by atoms with van der Waals surface area (Å²) in [5, 5.41) is 2.28. The van der Waals surface area contributed by atoms with E-state index in [9.17, 15) is 13.6 Å². The first-order chi connectivity index (χ1) is 8.49. The van der Waals surface area contributed by atoms with Gasteiger partial charge in [-0.2, -0.15) is 0 Å². The molecular weight excluding hydrogens is 242 g/mol. The number of hydrogen-bond acceptors (Lipinski definition) is 3. The Morgan fingerprint density at radius 2 is 2.17 bits per heavy atom. The van der Waals surface area contributed by atoms with Crippen LogP contribution in [0.2, 0.25) is 0 Å². The maximum atomic E-state index is 13.5. The van der Waals surface area contributed by atoms with Gasteiger partial charge in [0.25, 0.3) is 5.91 Å². The lowest BCUT2D eigenvalue weighted by atomic mass is 10.2. The van der Waals surface area contributed by atoms with Gasteiger partial charge >= 0.3 is 0 Å². The summed E-state index contributed by atoms with van der Waals surface area (Å²) in [4.78, 5) is 15.6. The molecule has 0 unspecified atom stereocenters. The highest BCUT2D eigenvalue weighted by molar-refractivity contribution is 6.04. The van der Waals surface area contributed by atoms with E-state index >= 15 is 0 Å². The zero-order chi connectivity index (χ0) is 13.3. The molecule has 0 atom stereocenters. The van der Waals surface area contributed by atoms with Gasteiger partial charge in [-0.1, -0.05) is 0 Å². The first-order valence-electron chi connectivity index (χ1n) is 5.01. The lowest BCUT2D eigenvalue weighted by Gasteiger charge is -2.09. The van der Waals surface area contributed by atoms with Crippen molar-refractivity contribution < 1.29 is 13.6 Å². The molecule has 94 valence electrons. The summed E-state index contributed by atoms with van der Waals surface area (Å²) >= 11 is 0. The molecule has 1 heterocycles. The monoisotopic (exact) mass is 252 g/mol. The normalized spacial score (nSPS) is 10.4. The molecule has 2 aromatic rings. The molecule has 0 aliphatic heterocycles. The van der Waals surface area contributed by atoms with Gasteiger partial charge in [0.1, 0.15) is 17.2 Å². The Morgan fingerprint density at radius 3 is 2.72 bits per heavy atom. The van der Waals surface area contributed by atoms with E-state index in [-0.39, 0.29) is 17.1 Å². The lowest BCUT2D eigenvalue weighted by Crippen LogP contribution is -2.17. The summed E-state index contributed by atoms with van der Waals surface area (Å²) in [6.45, 7) is 0. The van der Waals surface area contributed by atoms with E-state index in [1.165, 1.54) is 17.1 Å². The van der Waals surface area contributed by atoms with Gasteiger partial charge < -0.3 is 15.6 Å². The van der Waals surface area contributed by atoms with Crippen LogP contribution in [0.4, 0.5) is 20.2 Å². The summed E-state index contributed by atoms with van der Waals surface area (Å²) in [5.41, 5.74) is 5.25. The Labute approximate surface area is 101 Å². The molecule has 0 radical (unpaired) electrons. The van der Waals surface area contributed by atoms with E-state index < -0.39 is 17.5 Å². The maximum Gasteiger partial charge on any atom is 0.274 e. The standard InChI is InChI=1S/C11H10F2N4O/c1-17-5-15-4-9(17)11(18)16-10-7(13)2-6(12)3-8(10)14/h2-5H,14H2,1H3,(H,16,18). The number of nitrogen functional groups attached to an aromatic ring is 1. The second-order valence-electron chi connectivity index (χ2n) is 3.70. The fraction of sp³-hybridized carbons (Fsp3) is 0.0909. The summed E-state index contributed by atoms with van der Waals surface area (Å²) < 4.78 is 27.8. The van der Waals surface area contributed by atoms with E-state index in [0.29, 0.717) is 6.07 Å². The van der Waals surface area contributed by atoms with Crippen molar-refractivity contribution >= 4 is 17.3 Å². The van der Waals surface area contributed by atoms with Crippen LogP contribution in [0.5, 0.6) is 0 Å². The Kier molecular flexibility index (Phi) is 2.97. The van der Waals surface area contributed by atoms with Gasteiger partial charge in [-0.15, -0.1) is 0 Å². The van der Waals surface area contributed by atoms with Gasteiger partial charge in [0.2, 0.25) is 0 Å². The number of nitrogens with one attached hydrogen (secondary N) is 1. The second-order valence-corrected chi connectivity index (χ2v) is 3.70. The highest BCUT2D eigenvalue weighted by Crippen LogP contribution is 2.24. The molecule has 0 saturated heterocycles. The molecule has 0 fully saturated rings. The minimum Gasteiger partial charge on any atom is -0.397 e. The number of aryl methyl sites for hydroxylation is 1. The quantitative estimate of drug-likeness (QED) is 0.796. The van der Waals surface area contributed by atoms with Crippen LogP contribution in [0.1, 0.15) is 10.5 Å². The Bertz CT molecular complexity index is 586. The predicted octanol–water partition coefficient (Wildman–Crippen LogP) is 1.53. The number of carbonyl (C=O) groups is 1. The van der Waals surface area contributed by atoms with Crippen LogP contribution >= 0.6 is 0 Å². The molecule has 3 N–H and O–H groups in total. The number of aromatic nitrogens is 2. The molecule has 1 aromatic carbocycles. The molecular formula is C11H10F2N4O. The van der Waals surface area contributed by atoms with E-state index in [1.807, 2.05) is 0 Å². The summed E-state index contributed by atoms with van der Waals surface area (Å²) in [7, 11) is 1.62. The van der Waals surface area contributed by atoms with Crippen molar-refractivity contribution in [2.24, 2.45) is 7.05 Å². The van der Waals surface area contributed by atoms with Crippen molar-refractivity contribution in [2.75, 3.05) is 11.1 Å². The third-order valence-electron chi connectivity index (χ3n) is 2.37. The molecule has 0 saturated carbocycles. The number of hydrogen-bond donors (Lipinski definition) is 2. The summed E-state index contributed by atoms with van der Waals surface area (Å²) in [6.07, 6.45) is 2.76.